The van der Waals surface area contributed by atoms with E-state index in [0.717, 1.165) is 25.8 Å². The molecule has 0 aromatic heterocycles. The highest BCUT2D eigenvalue weighted by atomic mass is 16.5. The van der Waals surface area contributed by atoms with Crippen molar-refractivity contribution in [1.29, 1.82) is 0 Å². The first-order chi connectivity index (χ1) is 7.18. The average molecular weight is 213 g/mol. The number of hydrogen-bond acceptors (Lipinski definition) is 3. The quantitative estimate of drug-likeness (QED) is 0.714. The molecule has 2 aliphatic heterocycles. The van der Waals surface area contributed by atoms with Gasteiger partial charge in [-0.1, -0.05) is 6.92 Å². The number of carboxylic acid groups (broad SMARTS) is 1. The van der Waals surface area contributed by atoms with Crippen molar-refractivity contribution in [1.82, 2.24) is 5.32 Å². The van der Waals surface area contributed by atoms with Crippen LogP contribution in [0.15, 0.2) is 0 Å². The van der Waals surface area contributed by atoms with Gasteiger partial charge in [0.15, 0.2) is 0 Å². The van der Waals surface area contributed by atoms with Gasteiger partial charge in [-0.25, -0.2) is 0 Å². The molecule has 0 aliphatic carbocycles. The maximum atomic E-state index is 11.2. The Hall–Kier alpha value is -0.610. The van der Waals surface area contributed by atoms with E-state index >= 15 is 0 Å². The first-order valence-electron chi connectivity index (χ1n) is 5.73. The summed E-state index contributed by atoms with van der Waals surface area (Å²) in [6, 6.07) is 0. The molecule has 3 unspecified atom stereocenters. The third kappa shape index (κ3) is 1.88. The molecule has 15 heavy (non-hydrogen) atoms. The van der Waals surface area contributed by atoms with Crippen LogP contribution in [-0.2, 0) is 9.53 Å². The van der Waals surface area contributed by atoms with Crippen molar-refractivity contribution in [3.8, 4) is 0 Å². The van der Waals surface area contributed by atoms with Gasteiger partial charge in [-0.3, -0.25) is 4.79 Å². The zero-order chi connectivity index (χ0) is 10.9. The molecule has 0 amide bonds. The summed E-state index contributed by atoms with van der Waals surface area (Å²) in [6.07, 6.45) is 3.01. The molecule has 2 N–H and O–H groups in total. The van der Waals surface area contributed by atoms with Crippen LogP contribution in [0.2, 0.25) is 0 Å². The molecule has 4 heteroatoms. The highest BCUT2D eigenvalue weighted by Crippen LogP contribution is 2.43. The van der Waals surface area contributed by atoms with Crippen molar-refractivity contribution < 1.29 is 14.6 Å². The number of rotatable bonds is 2. The van der Waals surface area contributed by atoms with Gasteiger partial charge in [-0.15, -0.1) is 0 Å². The molecule has 2 aliphatic rings. The summed E-state index contributed by atoms with van der Waals surface area (Å²) in [7, 11) is 0. The fourth-order valence-electron chi connectivity index (χ4n) is 2.94. The number of hydrogen-bond donors (Lipinski definition) is 2. The Balaban J connectivity index is 2.13. The molecule has 2 fully saturated rings. The van der Waals surface area contributed by atoms with E-state index in [1.165, 1.54) is 0 Å². The molecule has 0 radical (unpaired) electrons. The summed E-state index contributed by atoms with van der Waals surface area (Å²) in [4.78, 5) is 11.2. The van der Waals surface area contributed by atoms with Crippen LogP contribution in [0.1, 0.15) is 26.2 Å². The lowest BCUT2D eigenvalue weighted by molar-refractivity contribution is -0.148. The second kappa shape index (κ2) is 4.10. The SMILES string of the molecule is CCC1CC2(CCO1)CNCC2C(=O)O. The minimum Gasteiger partial charge on any atom is -0.481 e. The molecule has 2 heterocycles. The lowest BCUT2D eigenvalue weighted by Crippen LogP contribution is -2.43. The molecule has 0 aromatic carbocycles. The monoisotopic (exact) mass is 213 g/mol. The minimum absolute atomic E-state index is 0.0508. The van der Waals surface area contributed by atoms with Gasteiger partial charge < -0.3 is 15.2 Å². The minimum atomic E-state index is -0.656. The summed E-state index contributed by atoms with van der Waals surface area (Å²) >= 11 is 0. The Morgan fingerprint density at radius 3 is 3.13 bits per heavy atom. The predicted molar refractivity (Wildman–Crippen MR) is 55.7 cm³/mol. The summed E-state index contributed by atoms with van der Waals surface area (Å²) in [5.41, 5.74) is -0.0508. The van der Waals surface area contributed by atoms with Crippen LogP contribution in [0.5, 0.6) is 0 Å². The summed E-state index contributed by atoms with van der Waals surface area (Å²) in [6.45, 7) is 4.27. The number of carboxylic acids is 1. The standard InChI is InChI=1S/C11H19NO3/c1-2-8-5-11(3-4-15-8)7-12-6-9(11)10(13)14/h8-9,12H,2-7H2,1H3,(H,13,14). The van der Waals surface area contributed by atoms with Crippen LogP contribution in [0.4, 0.5) is 0 Å². The van der Waals surface area contributed by atoms with Gasteiger partial charge in [0, 0.05) is 25.1 Å². The van der Waals surface area contributed by atoms with E-state index in [-0.39, 0.29) is 17.4 Å². The number of nitrogens with one attached hydrogen (secondary N) is 1. The van der Waals surface area contributed by atoms with Crippen molar-refractivity contribution >= 4 is 5.97 Å². The number of ether oxygens (including phenoxy) is 1. The average Bonchev–Trinajstić information content (AvgIpc) is 2.61. The largest absolute Gasteiger partial charge is 0.481 e. The van der Waals surface area contributed by atoms with E-state index in [9.17, 15) is 9.90 Å². The topological polar surface area (TPSA) is 58.6 Å². The molecule has 2 rings (SSSR count). The second-order valence-corrected chi connectivity index (χ2v) is 4.74. The Bertz CT molecular complexity index is 256. The van der Waals surface area contributed by atoms with E-state index in [4.69, 9.17) is 4.74 Å². The molecule has 0 bridgehead atoms. The van der Waals surface area contributed by atoms with Crippen LogP contribution in [-0.4, -0.2) is 36.9 Å². The van der Waals surface area contributed by atoms with E-state index in [2.05, 4.69) is 12.2 Å². The van der Waals surface area contributed by atoms with Crippen molar-refractivity contribution in [3.05, 3.63) is 0 Å². The molecule has 1 spiro atoms. The van der Waals surface area contributed by atoms with Gasteiger partial charge in [0.25, 0.3) is 0 Å². The maximum absolute atomic E-state index is 11.2. The van der Waals surface area contributed by atoms with Gasteiger partial charge in [0.2, 0.25) is 0 Å². The molecule has 0 saturated carbocycles. The van der Waals surface area contributed by atoms with Crippen LogP contribution >= 0.6 is 0 Å². The molecule has 0 aromatic rings. The van der Waals surface area contributed by atoms with E-state index < -0.39 is 5.97 Å². The number of aliphatic carboxylic acids is 1. The van der Waals surface area contributed by atoms with Crippen LogP contribution in [0.3, 0.4) is 0 Å². The zero-order valence-electron chi connectivity index (χ0n) is 9.16. The van der Waals surface area contributed by atoms with Gasteiger partial charge in [-0.05, 0) is 19.3 Å². The highest BCUT2D eigenvalue weighted by Gasteiger charge is 2.49. The third-order valence-corrected chi connectivity index (χ3v) is 3.91. The number of carbonyl (C=O) groups is 1. The van der Waals surface area contributed by atoms with E-state index in [1.54, 1.807) is 0 Å². The summed E-state index contributed by atoms with van der Waals surface area (Å²) < 4.78 is 5.62. The second-order valence-electron chi connectivity index (χ2n) is 4.74. The van der Waals surface area contributed by atoms with Gasteiger partial charge >= 0.3 is 5.97 Å². The van der Waals surface area contributed by atoms with Gasteiger partial charge in [0.05, 0.1) is 12.0 Å². The first-order valence-corrected chi connectivity index (χ1v) is 5.73. The lowest BCUT2D eigenvalue weighted by Gasteiger charge is -2.40. The molecular weight excluding hydrogens is 194 g/mol. The van der Waals surface area contributed by atoms with Crippen LogP contribution < -0.4 is 5.32 Å². The van der Waals surface area contributed by atoms with E-state index in [0.29, 0.717) is 13.2 Å². The summed E-state index contributed by atoms with van der Waals surface area (Å²) in [5, 5.41) is 12.4. The molecule has 2 saturated heterocycles. The van der Waals surface area contributed by atoms with Gasteiger partial charge in [-0.2, -0.15) is 0 Å². The van der Waals surface area contributed by atoms with Crippen molar-refractivity contribution in [2.45, 2.75) is 32.3 Å². The van der Waals surface area contributed by atoms with Crippen LogP contribution in [0, 0.1) is 11.3 Å². The smallest absolute Gasteiger partial charge is 0.308 e. The van der Waals surface area contributed by atoms with E-state index in [1.807, 2.05) is 0 Å². The third-order valence-electron chi connectivity index (χ3n) is 3.91. The molecular formula is C11H19NO3. The molecule has 3 atom stereocenters. The van der Waals surface area contributed by atoms with Crippen molar-refractivity contribution in [3.63, 3.8) is 0 Å². The normalized spacial score (nSPS) is 40.9. The Morgan fingerprint density at radius 2 is 2.47 bits per heavy atom. The van der Waals surface area contributed by atoms with Crippen molar-refractivity contribution in [2.24, 2.45) is 11.3 Å². The molecule has 4 nitrogen and oxygen atoms in total. The Kier molecular flexibility index (Phi) is 2.98. The Morgan fingerprint density at radius 1 is 1.67 bits per heavy atom. The fourth-order valence-corrected chi connectivity index (χ4v) is 2.94. The maximum Gasteiger partial charge on any atom is 0.308 e. The van der Waals surface area contributed by atoms with Crippen molar-refractivity contribution in [2.75, 3.05) is 19.7 Å². The van der Waals surface area contributed by atoms with Gasteiger partial charge in [0.1, 0.15) is 0 Å². The highest BCUT2D eigenvalue weighted by molar-refractivity contribution is 5.72. The lowest BCUT2D eigenvalue weighted by atomic mass is 9.70. The summed E-state index contributed by atoms with van der Waals surface area (Å²) in [5.74, 6) is -0.882. The zero-order valence-corrected chi connectivity index (χ0v) is 9.16. The molecule has 86 valence electrons. The Labute approximate surface area is 90.0 Å². The first kappa shape index (κ1) is 10.9. The fraction of sp³-hybridized carbons (Fsp3) is 0.909. The predicted octanol–water partition coefficient (Wildman–Crippen LogP) is 0.866. The van der Waals surface area contributed by atoms with Crippen LogP contribution in [0.25, 0.3) is 0 Å².